The number of carboxylic acid groups (broad SMARTS) is 1. The Labute approximate surface area is 129 Å². The zero-order valence-electron chi connectivity index (χ0n) is 12.9. The van der Waals surface area contributed by atoms with Crippen LogP contribution in [0.4, 0.5) is 0 Å². The summed E-state index contributed by atoms with van der Waals surface area (Å²) < 4.78 is 1.78. The molecule has 1 amide bonds. The highest BCUT2D eigenvalue weighted by molar-refractivity contribution is 5.99. The van der Waals surface area contributed by atoms with Crippen molar-refractivity contribution in [2.75, 3.05) is 13.6 Å². The summed E-state index contributed by atoms with van der Waals surface area (Å²) in [6.45, 7) is 2.60. The van der Waals surface area contributed by atoms with Gasteiger partial charge in [0.05, 0.1) is 5.56 Å². The summed E-state index contributed by atoms with van der Waals surface area (Å²) in [6, 6.07) is 4.62. The first-order valence-corrected chi connectivity index (χ1v) is 7.05. The van der Waals surface area contributed by atoms with E-state index in [2.05, 4.69) is 4.98 Å². The molecule has 2 aromatic rings. The van der Waals surface area contributed by atoms with Crippen LogP contribution in [-0.4, -0.2) is 45.0 Å². The number of amides is 1. The Kier molecular flexibility index (Phi) is 4.60. The molecule has 1 aromatic heterocycles. The van der Waals surface area contributed by atoms with Gasteiger partial charge in [-0.3, -0.25) is 4.79 Å². The van der Waals surface area contributed by atoms with Crippen LogP contribution < -0.4 is 0 Å². The number of hydrogen-bond donors (Lipinski definition) is 1. The lowest BCUT2D eigenvalue weighted by Crippen LogP contribution is -2.27. The van der Waals surface area contributed by atoms with E-state index in [0.29, 0.717) is 23.5 Å². The number of hydrogen-bond acceptors (Lipinski definition) is 3. The number of benzene rings is 1. The second-order valence-corrected chi connectivity index (χ2v) is 5.19. The third-order valence-electron chi connectivity index (χ3n) is 3.41. The zero-order valence-corrected chi connectivity index (χ0v) is 12.9. The Morgan fingerprint density at radius 2 is 1.95 bits per heavy atom. The van der Waals surface area contributed by atoms with Crippen LogP contribution in [0.25, 0.3) is 11.4 Å². The normalized spacial score (nSPS) is 10.5. The maximum absolute atomic E-state index is 12.4. The largest absolute Gasteiger partial charge is 0.478 e. The summed E-state index contributed by atoms with van der Waals surface area (Å²) in [5.74, 6) is -0.640. The van der Waals surface area contributed by atoms with Gasteiger partial charge in [0.2, 0.25) is 0 Å². The lowest BCUT2D eigenvalue weighted by atomic mass is 10.0. The number of carboxylic acids is 1. The topological polar surface area (TPSA) is 75.4 Å². The number of aromatic carboxylic acids is 1. The van der Waals surface area contributed by atoms with Gasteiger partial charge in [-0.1, -0.05) is 6.92 Å². The fraction of sp³-hybridized carbons (Fsp3) is 0.312. The molecule has 2 rings (SSSR count). The van der Waals surface area contributed by atoms with E-state index in [1.54, 1.807) is 35.0 Å². The van der Waals surface area contributed by atoms with E-state index in [-0.39, 0.29) is 11.5 Å². The highest BCUT2D eigenvalue weighted by Gasteiger charge is 2.17. The number of carbonyl (C=O) groups excluding carboxylic acids is 1. The molecule has 22 heavy (non-hydrogen) atoms. The summed E-state index contributed by atoms with van der Waals surface area (Å²) in [7, 11) is 3.53. The molecule has 1 N–H and O–H groups in total. The molecule has 6 nitrogen and oxygen atoms in total. The average molecular weight is 301 g/mol. The minimum absolute atomic E-state index is 0.0775. The zero-order chi connectivity index (χ0) is 16.3. The summed E-state index contributed by atoms with van der Waals surface area (Å²) in [5.41, 5.74) is 1.04. The Balaban J connectivity index is 2.51. The number of nitrogens with zero attached hydrogens (tertiary/aromatic N) is 3. The van der Waals surface area contributed by atoms with Crippen molar-refractivity contribution >= 4 is 11.9 Å². The highest BCUT2D eigenvalue weighted by atomic mass is 16.4. The van der Waals surface area contributed by atoms with Crippen LogP contribution in [0.1, 0.15) is 34.1 Å². The second-order valence-electron chi connectivity index (χ2n) is 5.19. The number of rotatable bonds is 5. The maximum Gasteiger partial charge on any atom is 0.335 e. The fourth-order valence-electron chi connectivity index (χ4n) is 2.30. The third kappa shape index (κ3) is 3.16. The van der Waals surface area contributed by atoms with Gasteiger partial charge in [0.1, 0.15) is 5.82 Å². The molecular weight excluding hydrogens is 282 g/mol. The predicted molar refractivity (Wildman–Crippen MR) is 82.9 cm³/mol. The molecule has 1 aromatic carbocycles. The van der Waals surface area contributed by atoms with Crippen molar-refractivity contribution in [3.05, 3.63) is 41.7 Å². The molecule has 116 valence electrons. The summed E-state index contributed by atoms with van der Waals surface area (Å²) >= 11 is 0. The Hall–Kier alpha value is -2.63. The van der Waals surface area contributed by atoms with Crippen LogP contribution in [0.3, 0.4) is 0 Å². The summed E-state index contributed by atoms with van der Waals surface area (Å²) in [4.78, 5) is 29.5. The summed E-state index contributed by atoms with van der Waals surface area (Å²) in [5, 5.41) is 9.27. The van der Waals surface area contributed by atoms with E-state index in [4.69, 9.17) is 0 Å². The van der Waals surface area contributed by atoms with Crippen molar-refractivity contribution in [1.29, 1.82) is 0 Å². The first-order chi connectivity index (χ1) is 10.4. The molecule has 0 aliphatic carbocycles. The van der Waals surface area contributed by atoms with E-state index in [1.807, 2.05) is 14.0 Å². The van der Waals surface area contributed by atoms with Gasteiger partial charge in [-0.2, -0.15) is 0 Å². The minimum Gasteiger partial charge on any atom is -0.478 e. The van der Waals surface area contributed by atoms with Crippen molar-refractivity contribution in [2.45, 2.75) is 13.3 Å². The Morgan fingerprint density at radius 1 is 1.27 bits per heavy atom. The lowest BCUT2D eigenvalue weighted by Gasteiger charge is -2.17. The number of carbonyl (C=O) groups is 2. The smallest absolute Gasteiger partial charge is 0.335 e. The van der Waals surface area contributed by atoms with Crippen molar-refractivity contribution in [2.24, 2.45) is 7.05 Å². The number of aromatic nitrogens is 2. The molecule has 0 saturated heterocycles. The van der Waals surface area contributed by atoms with Crippen LogP contribution in [-0.2, 0) is 7.05 Å². The van der Waals surface area contributed by atoms with E-state index in [0.717, 1.165) is 6.42 Å². The molecule has 6 heteroatoms. The van der Waals surface area contributed by atoms with Crippen molar-refractivity contribution in [3.63, 3.8) is 0 Å². The second kappa shape index (κ2) is 6.43. The van der Waals surface area contributed by atoms with Gasteiger partial charge in [-0.25, -0.2) is 9.78 Å². The van der Waals surface area contributed by atoms with Gasteiger partial charge in [-0.15, -0.1) is 0 Å². The van der Waals surface area contributed by atoms with Gasteiger partial charge >= 0.3 is 5.97 Å². The van der Waals surface area contributed by atoms with Crippen molar-refractivity contribution < 1.29 is 14.7 Å². The Morgan fingerprint density at radius 3 is 2.50 bits per heavy atom. The van der Waals surface area contributed by atoms with Crippen LogP contribution in [0.2, 0.25) is 0 Å². The van der Waals surface area contributed by atoms with Crippen molar-refractivity contribution in [1.82, 2.24) is 14.5 Å². The van der Waals surface area contributed by atoms with E-state index >= 15 is 0 Å². The molecule has 0 radical (unpaired) electrons. The average Bonchev–Trinajstić information content (AvgIpc) is 2.92. The third-order valence-corrected chi connectivity index (χ3v) is 3.41. The van der Waals surface area contributed by atoms with Gasteiger partial charge < -0.3 is 14.6 Å². The minimum atomic E-state index is -1.07. The van der Waals surface area contributed by atoms with Crippen LogP contribution in [0, 0.1) is 0 Å². The quantitative estimate of drug-likeness (QED) is 0.919. The lowest BCUT2D eigenvalue weighted by molar-refractivity contribution is 0.0697. The maximum atomic E-state index is 12.4. The van der Waals surface area contributed by atoms with E-state index < -0.39 is 5.97 Å². The Bertz CT molecular complexity index is 706. The van der Waals surface area contributed by atoms with E-state index in [1.165, 1.54) is 12.1 Å². The first-order valence-electron chi connectivity index (χ1n) is 7.05. The molecule has 1 heterocycles. The van der Waals surface area contributed by atoms with Gasteiger partial charge in [-0.05, 0) is 24.6 Å². The summed E-state index contributed by atoms with van der Waals surface area (Å²) in [6.07, 6.45) is 4.24. The SMILES string of the molecule is CCCN(C)C(=O)c1cc(C(=O)O)cc(-c2nccn2C)c1. The molecule has 0 aliphatic heterocycles. The van der Waals surface area contributed by atoms with E-state index in [9.17, 15) is 14.7 Å². The van der Waals surface area contributed by atoms with Crippen LogP contribution in [0.5, 0.6) is 0 Å². The van der Waals surface area contributed by atoms with Gasteiger partial charge in [0, 0.05) is 44.2 Å². The van der Waals surface area contributed by atoms with Crippen molar-refractivity contribution in [3.8, 4) is 11.4 Å². The predicted octanol–water partition coefficient (Wildman–Crippen LogP) is 2.27. The standard InChI is InChI=1S/C16H19N3O3/c1-4-6-19(3)15(20)12-8-11(9-13(10-12)16(21)22)14-17-5-7-18(14)2/h5,7-10H,4,6H2,1-3H3,(H,21,22). The molecule has 0 saturated carbocycles. The fourth-order valence-corrected chi connectivity index (χ4v) is 2.30. The van der Waals surface area contributed by atoms with Crippen LogP contribution >= 0.6 is 0 Å². The first kappa shape index (κ1) is 15.8. The molecule has 0 atom stereocenters. The molecule has 0 fully saturated rings. The monoisotopic (exact) mass is 301 g/mol. The molecule has 0 unspecified atom stereocenters. The molecule has 0 spiro atoms. The molecule has 0 bridgehead atoms. The molecular formula is C16H19N3O3. The number of imidazole rings is 1. The molecule has 0 aliphatic rings. The van der Waals surface area contributed by atoms with Gasteiger partial charge in [0.25, 0.3) is 5.91 Å². The number of aryl methyl sites for hydroxylation is 1. The highest BCUT2D eigenvalue weighted by Crippen LogP contribution is 2.21. The van der Waals surface area contributed by atoms with Gasteiger partial charge in [0.15, 0.2) is 0 Å². The van der Waals surface area contributed by atoms with Crippen LogP contribution in [0.15, 0.2) is 30.6 Å².